The standard InChI is InChI=1S/C14H12ClNO/c15-12-8-4-5-9-13(12)16-10-14(17)11-6-2-1-3-7-11/h1-9,16H,10H2. The van der Waals surface area contributed by atoms with Gasteiger partial charge in [0.05, 0.1) is 17.3 Å². The van der Waals surface area contributed by atoms with E-state index < -0.39 is 0 Å². The van der Waals surface area contributed by atoms with E-state index >= 15 is 0 Å². The van der Waals surface area contributed by atoms with Crippen molar-refractivity contribution in [1.29, 1.82) is 0 Å². The molecule has 0 spiro atoms. The van der Waals surface area contributed by atoms with Gasteiger partial charge in [-0.3, -0.25) is 4.79 Å². The zero-order chi connectivity index (χ0) is 12.1. The molecule has 1 N–H and O–H groups in total. The van der Waals surface area contributed by atoms with Crippen LogP contribution in [0.3, 0.4) is 0 Å². The molecule has 0 saturated heterocycles. The highest BCUT2D eigenvalue weighted by molar-refractivity contribution is 6.33. The summed E-state index contributed by atoms with van der Waals surface area (Å²) in [5.41, 5.74) is 1.48. The van der Waals surface area contributed by atoms with Crippen LogP contribution in [-0.2, 0) is 0 Å². The largest absolute Gasteiger partial charge is 0.376 e. The molecule has 0 saturated carbocycles. The molecular formula is C14H12ClNO. The molecule has 0 bridgehead atoms. The number of para-hydroxylation sites is 1. The second-order valence-electron chi connectivity index (χ2n) is 3.62. The summed E-state index contributed by atoms with van der Waals surface area (Å²) >= 11 is 5.98. The first kappa shape index (κ1) is 11.7. The molecule has 17 heavy (non-hydrogen) atoms. The zero-order valence-electron chi connectivity index (χ0n) is 9.19. The molecule has 0 aliphatic carbocycles. The lowest BCUT2D eigenvalue weighted by Crippen LogP contribution is -2.13. The summed E-state index contributed by atoms with van der Waals surface area (Å²) in [7, 11) is 0. The average Bonchev–Trinajstić information content (AvgIpc) is 2.38. The molecule has 3 heteroatoms. The van der Waals surface area contributed by atoms with Gasteiger partial charge in [-0.2, -0.15) is 0 Å². The fraction of sp³-hybridized carbons (Fsp3) is 0.0714. The summed E-state index contributed by atoms with van der Waals surface area (Å²) in [6.07, 6.45) is 0. The van der Waals surface area contributed by atoms with Crippen LogP contribution in [0.5, 0.6) is 0 Å². The number of ketones is 1. The fourth-order valence-electron chi connectivity index (χ4n) is 1.51. The second kappa shape index (κ2) is 5.51. The van der Waals surface area contributed by atoms with Crippen LogP contribution in [0.2, 0.25) is 5.02 Å². The third-order valence-electron chi connectivity index (χ3n) is 2.41. The zero-order valence-corrected chi connectivity index (χ0v) is 9.95. The van der Waals surface area contributed by atoms with E-state index in [-0.39, 0.29) is 12.3 Å². The van der Waals surface area contributed by atoms with Crippen LogP contribution >= 0.6 is 11.6 Å². The number of hydrogen-bond acceptors (Lipinski definition) is 2. The number of benzene rings is 2. The first-order valence-electron chi connectivity index (χ1n) is 5.34. The molecule has 2 aromatic rings. The van der Waals surface area contributed by atoms with Gasteiger partial charge < -0.3 is 5.32 Å². The predicted octanol–water partition coefficient (Wildman–Crippen LogP) is 3.63. The van der Waals surface area contributed by atoms with Crippen LogP contribution in [0.1, 0.15) is 10.4 Å². The van der Waals surface area contributed by atoms with Crippen molar-refractivity contribution in [3.05, 3.63) is 65.2 Å². The monoisotopic (exact) mass is 245 g/mol. The van der Waals surface area contributed by atoms with Crippen LogP contribution in [0, 0.1) is 0 Å². The normalized spacial score (nSPS) is 9.94. The summed E-state index contributed by atoms with van der Waals surface area (Å²) in [6, 6.07) is 16.6. The Morgan fingerprint density at radius 3 is 2.35 bits per heavy atom. The number of halogens is 1. The van der Waals surface area contributed by atoms with Gasteiger partial charge in [0.1, 0.15) is 0 Å². The summed E-state index contributed by atoms with van der Waals surface area (Å²) in [6.45, 7) is 0.244. The quantitative estimate of drug-likeness (QED) is 0.834. The maximum atomic E-state index is 11.8. The van der Waals surface area contributed by atoms with E-state index in [1.165, 1.54) is 0 Å². The Labute approximate surface area is 105 Å². The number of nitrogens with one attached hydrogen (secondary N) is 1. The van der Waals surface area contributed by atoms with Crippen molar-refractivity contribution in [2.75, 3.05) is 11.9 Å². The van der Waals surface area contributed by atoms with Crippen molar-refractivity contribution in [1.82, 2.24) is 0 Å². The Balaban J connectivity index is 2.00. The van der Waals surface area contributed by atoms with Crippen molar-refractivity contribution in [2.24, 2.45) is 0 Å². The highest BCUT2D eigenvalue weighted by Crippen LogP contribution is 2.20. The van der Waals surface area contributed by atoms with Crippen LogP contribution in [0.15, 0.2) is 54.6 Å². The van der Waals surface area contributed by atoms with E-state index in [2.05, 4.69) is 5.32 Å². The fourth-order valence-corrected chi connectivity index (χ4v) is 1.71. The smallest absolute Gasteiger partial charge is 0.181 e. The minimum Gasteiger partial charge on any atom is -0.376 e. The number of anilines is 1. The topological polar surface area (TPSA) is 29.1 Å². The molecular weight excluding hydrogens is 234 g/mol. The molecule has 0 aliphatic rings. The summed E-state index contributed by atoms with van der Waals surface area (Å²) in [4.78, 5) is 11.8. The highest BCUT2D eigenvalue weighted by atomic mass is 35.5. The van der Waals surface area contributed by atoms with Gasteiger partial charge in [0.15, 0.2) is 5.78 Å². The van der Waals surface area contributed by atoms with Crippen molar-refractivity contribution >= 4 is 23.1 Å². The van der Waals surface area contributed by atoms with Crippen LogP contribution in [-0.4, -0.2) is 12.3 Å². The number of Topliss-reactive ketones (excluding diaryl/α,β-unsaturated/α-hetero) is 1. The van der Waals surface area contributed by atoms with E-state index in [0.717, 1.165) is 5.69 Å². The molecule has 2 aromatic carbocycles. The lowest BCUT2D eigenvalue weighted by atomic mass is 10.1. The minimum atomic E-state index is 0.0468. The van der Waals surface area contributed by atoms with Crippen molar-refractivity contribution < 1.29 is 4.79 Å². The van der Waals surface area contributed by atoms with Crippen LogP contribution < -0.4 is 5.32 Å². The number of carbonyl (C=O) groups excluding carboxylic acids is 1. The van der Waals surface area contributed by atoms with Gasteiger partial charge in [-0.15, -0.1) is 0 Å². The van der Waals surface area contributed by atoms with Gasteiger partial charge in [-0.05, 0) is 12.1 Å². The third kappa shape index (κ3) is 3.08. The molecule has 0 unspecified atom stereocenters. The Morgan fingerprint density at radius 2 is 1.65 bits per heavy atom. The molecule has 0 atom stereocenters. The molecule has 0 aliphatic heterocycles. The molecule has 0 aromatic heterocycles. The minimum absolute atomic E-state index is 0.0468. The van der Waals surface area contributed by atoms with E-state index in [1.807, 2.05) is 36.4 Å². The van der Waals surface area contributed by atoms with E-state index in [0.29, 0.717) is 10.6 Å². The molecule has 0 heterocycles. The molecule has 2 nitrogen and oxygen atoms in total. The van der Waals surface area contributed by atoms with Gasteiger partial charge in [0.2, 0.25) is 0 Å². The number of rotatable bonds is 4. The Hall–Kier alpha value is -1.80. The van der Waals surface area contributed by atoms with Gasteiger partial charge in [-0.1, -0.05) is 54.1 Å². The van der Waals surface area contributed by atoms with Gasteiger partial charge in [-0.25, -0.2) is 0 Å². The first-order chi connectivity index (χ1) is 8.27. The highest BCUT2D eigenvalue weighted by Gasteiger charge is 2.05. The molecule has 86 valence electrons. The summed E-state index contributed by atoms with van der Waals surface area (Å²) in [5.74, 6) is 0.0468. The average molecular weight is 246 g/mol. The van der Waals surface area contributed by atoms with E-state index in [1.54, 1.807) is 18.2 Å². The maximum Gasteiger partial charge on any atom is 0.181 e. The lowest BCUT2D eigenvalue weighted by Gasteiger charge is -2.07. The maximum absolute atomic E-state index is 11.8. The van der Waals surface area contributed by atoms with Crippen molar-refractivity contribution in [3.63, 3.8) is 0 Å². The second-order valence-corrected chi connectivity index (χ2v) is 4.03. The Morgan fingerprint density at radius 1 is 1.00 bits per heavy atom. The van der Waals surface area contributed by atoms with Crippen LogP contribution in [0.4, 0.5) is 5.69 Å². The molecule has 0 fully saturated rings. The van der Waals surface area contributed by atoms with Crippen LogP contribution in [0.25, 0.3) is 0 Å². The Bertz CT molecular complexity index is 511. The van der Waals surface area contributed by atoms with Gasteiger partial charge >= 0.3 is 0 Å². The molecule has 2 rings (SSSR count). The van der Waals surface area contributed by atoms with Crippen molar-refractivity contribution in [2.45, 2.75) is 0 Å². The van der Waals surface area contributed by atoms with Crippen molar-refractivity contribution in [3.8, 4) is 0 Å². The third-order valence-corrected chi connectivity index (χ3v) is 2.74. The number of hydrogen-bond donors (Lipinski definition) is 1. The first-order valence-corrected chi connectivity index (χ1v) is 5.72. The van der Waals surface area contributed by atoms with E-state index in [4.69, 9.17) is 11.6 Å². The summed E-state index contributed by atoms with van der Waals surface area (Å²) < 4.78 is 0. The molecule has 0 amide bonds. The number of carbonyl (C=O) groups is 1. The lowest BCUT2D eigenvalue weighted by molar-refractivity contribution is 0.101. The Kier molecular flexibility index (Phi) is 3.78. The van der Waals surface area contributed by atoms with Gasteiger partial charge in [0, 0.05) is 5.56 Å². The summed E-state index contributed by atoms with van der Waals surface area (Å²) in [5, 5.41) is 3.65. The predicted molar refractivity (Wildman–Crippen MR) is 70.7 cm³/mol. The molecule has 0 radical (unpaired) electrons. The van der Waals surface area contributed by atoms with E-state index in [9.17, 15) is 4.79 Å². The SMILES string of the molecule is O=C(CNc1ccccc1Cl)c1ccccc1. The van der Waals surface area contributed by atoms with Gasteiger partial charge in [0.25, 0.3) is 0 Å².